The van der Waals surface area contributed by atoms with Crippen LogP contribution in [0.25, 0.3) is 0 Å². The van der Waals surface area contributed by atoms with Crippen LogP contribution in [0.15, 0.2) is 48.7 Å². The Hall–Kier alpha value is -3.09. The molecule has 1 aromatic heterocycles. The van der Waals surface area contributed by atoms with Gasteiger partial charge in [-0.3, -0.25) is 14.6 Å². The summed E-state index contributed by atoms with van der Waals surface area (Å²) in [6.45, 7) is 2.35. The van der Waals surface area contributed by atoms with Gasteiger partial charge in [0, 0.05) is 13.1 Å². The zero-order chi connectivity index (χ0) is 18.8. The van der Waals surface area contributed by atoms with Crippen LogP contribution in [0.3, 0.4) is 0 Å². The van der Waals surface area contributed by atoms with E-state index in [0.29, 0.717) is 25.4 Å². The Kier molecular flexibility index (Phi) is 7.42. The number of carbonyl (C=O) groups excluding carboxylic acids is 2. The van der Waals surface area contributed by atoms with E-state index in [9.17, 15) is 9.59 Å². The van der Waals surface area contributed by atoms with Gasteiger partial charge in [-0.1, -0.05) is 6.07 Å². The van der Waals surface area contributed by atoms with Crippen LogP contribution >= 0.6 is 0 Å². The highest BCUT2D eigenvalue weighted by molar-refractivity contribution is 5.83. The van der Waals surface area contributed by atoms with E-state index in [1.54, 1.807) is 37.6 Å². The number of methoxy groups -OCH3 is 1. The number of rotatable bonds is 9. The molecule has 1 aromatic carbocycles. The van der Waals surface area contributed by atoms with Gasteiger partial charge in [-0.05, 0) is 36.4 Å². The molecule has 7 heteroatoms. The van der Waals surface area contributed by atoms with Crippen LogP contribution in [0.1, 0.15) is 12.6 Å². The average molecular weight is 357 g/mol. The van der Waals surface area contributed by atoms with Crippen molar-refractivity contribution in [1.29, 1.82) is 0 Å². The first-order chi connectivity index (χ1) is 12.6. The van der Waals surface area contributed by atoms with E-state index < -0.39 is 0 Å². The molecule has 26 heavy (non-hydrogen) atoms. The summed E-state index contributed by atoms with van der Waals surface area (Å²) >= 11 is 0. The average Bonchev–Trinajstić information content (AvgIpc) is 2.67. The lowest BCUT2D eigenvalue weighted by Crippen LogP contribution is -2.41. The van der Waals surface area contributed by atoms with Crippen molar-refractivity contribution < 1.29 is 19.1 Å². The normalized spacial score (nSPS) is 10.1. The first kappa shape index (κ1) is 19.2. The van der Waals surface area contributed by atoms with Crippen molar-refractivity contribution in [3.63, 3.8) is 0 Å². The topological polar surface area (TPSA) is 80.8 Å². The fourth-order valence-corrected chi connectivity index (χ4v) is 2.21. The third kappa shape index (κ3) is 6.43. The summed E-state index contributed by atoms with van der Waals surface area (Å²) in [6.07, 6.45) is 1.67. The standard InChI is InChI=1S/C19H23N3O4/c1-15(23)22(11-12-26-18-8-6-17(25-2)7-9-18)14-19(24)21-13-16-5-3-4-10-20-16/h3-10H,11-14H2,1-2H3,(H,21,24). The number of pyridine rings is 1. The molecule has 0 radical (unpaired) electrons. The minimum Gasteiger partial charge on any atom is -0.497 e. The largest absolute Gasteiger partial charge is 0.497 e. The summed E-state index contributed by atoms with van der Waals surface area (Å²) in [4.78, 5) is 29.4. The van der Waals surface area contributed by atoms with Crippen molar-refractivity contribution in [3.05, 3.63) is 54.4 Å². The van der Waals surface area contributed by atoms with Gasteiger partial charge in [-0.25, -0.2) is 0 Å². The molecule has 1 heterocycles. The fraction of sp³-hybridized carbons (Fsp3) is 0.316. The lowest BCUT2D eigenvalue weighted by Gasteiger charge is -2.20. The van der Waals surface area contributed by atoms with E-state index in [1.165, 1.54) is 11.8 Å². The SMILES string of the molecule is COc1ccc(OCCN(CC(=O)NCc2ccccn2)C(C)=O)cc1. The lowest BCUT2D eigenvalue weighted by molar-refractivity contribution is -0.134. The van der Waals surface area contributed by atoms with Gasteiger partial charge in [-0.2, -0.15) is 0 Å². The Labute approximate surface area is 152 Å². The Balaban J connectivity index is 1.76. The number of hydrogen-bond donors (Lipinski definition) is 1. The van der Waals surface area contributed by atoms with Crippen LogP contribution < -0.4 is 14.8 Å². The molecule has 0 spiro atoms. The predicted molar refractivity (Wildman–Crippen MR) is 96.8 cm³/mol. The number of hydrogen-bond acceptors (Lipinski definition) is 5. The van der Waals surface area contributed by atoms with Gasteiger partial charge in [-0.15, -0.1) is 0 Å². The minimum absolute atomic E-state index is 0.0197. The van der Waals surface area contributed by atoms with E-state index >= 15 is 0 Å². The maximum Gasteiger partial charge on any atom is 0.239 e. The lowest BCUT2D eigenvalue weighted by atomic mass is 10.3. The molecule has 0 atom stereocenters. The summed E-state index contributed by atoms with van der Waals surface area (Å²) in [5.41, 5.74) is 0.762. The number of benzene rings is 1. The van der Waals surface area contributed by atoms with E-state index in [2.05, 4.69) is 10.3 Å². The van der Waals surface area contributed by atoms with Crippen molar-refractivity contribution in [2.75, 3.05) is 26.8 Å². The second kappa shape index (κ2) is 10.0. The summed E-state index contributed by atoms with van der Waals surface area (Å²) in [5.74, 6) is 0.993. The second-order valence-corrected chi connectivity index (χ2v) is 5.56. The summed E-state index contributed by atoms with van der Waals surface area (Å²) < 4.78 is 10.7. The minimum atomic E-state index is -0.240. The van der Waals surface area contributed by atoms with E-state index in [4.69, 9.17) is 9.47 Å². The molecule has 0 fully saturated rings. The fourth-order valence-electron chi connectivity index (χ4n) is 2.21. The first-order valence-corrected chi connectivity index (χ1v) is 8.27. The Morgan fingerprint density at radius 1 is 1.12 bits per heavy atom. The van der Waals surface area contributed by atoms with Crippen LogP contribution in [-0.2, 0) is 16.1 Å². The predicted octanol–water partition coefficient (Wildman–Crippen LogP) is 1.63. The molecule has 0 saturated carbocycles. The zero-order valence-electron chi connectivity index (χ0n) is 15.0. The highest BCUT2D eigenvalue weighted by Gasteiger charge is 2.13. The van der Waals surface area contributed by atoms with Gasteiger partial charge < -0.3 is 19.7 Å². The van der Waals surface area contributed by atoms with Crippen molar-refractivity contribution in [2.24, 2.45) is 0 Å². The monoisotopic (exact) mass is 357 g/mol. The van der Waals surface area contributed by atoms with Crippen LogP contribution in [0.2, 0.25) is 0 Å². The van der Waals surface area contributed by atoms with Gasteiger partial charge in [0.1, 0.15) is 18.1 Å². The highest BCUT2D eigenvalue weighted by atomic mass is 16.5. The van der Waals surface area contributed by atoms with Crippen molar-refractivity contribution >= 4 is 11.8 Å². The smallest absolute Gasteiger partial charge is 0.239 e. The van der Waals surface area contributed by atoms with Crippen LogP contribution in [-0.4, -0.2) is 48.5 Å². The molecule has 2 aromatic rings. The molecule has 138 valence electrons. The molecule has 2 amide bonds. The number of carbonyl (C=O) groups is 2. The molecule has 0 aliphatic rings. The molecule has 0 unspecified atom stereocenters. The molecular formula is C19H23N3O4. The Bertz CT molecular complexity index is 704. The van der Waals surface area contributed by atoms with Crippen LogP contribution in [0.4, 0.5) is 0 Å². The first-order valence-electron chi connectivity index (χ1n) is 8.27. The maximum atomic E-state index is 12.0. The maximum absolute atomic E-state index is 12.0. The van der Waals surface area contributed by atoms with Gasteiger partial charge >= 0.3 is 0 Å². The number of ether oxygens (including phenoxy) is 2. The van der Waals surface area contributed by atoms with E-state index in [0.717, 1.165) is 11.4 Å². The Morgan fingerprint density at radius 2 is 1.85 bits per heavy atom. The van der Waals surface area contributed by atoms with Crippen molar-refractivity contribution in [2.45, 2.75) is 13.5 Å². The summed E-state index contributed by atoms with van der Waals surface area (Å²) in [5, 5.41) is 2.76. The molecule has 2 rings (SSSR count). The second-order valence-electron chi connectivity index (χ2n) is 5.56. The third-order valence-corrected chi connectivity index (χ3v) is 3.66. The molecule has 0 aliphatic carbocycles. The molecule has 0 bridgehead atoms. The zero-order valence-corrected chi connectivity index (χ0v) is 15.0. The molecular weight excluding hydrogens is 334 g/mol. The quantitative estimate of drug-likeness (QED) is 0.738. The summed E-state index contributed by atoms with van der Waals surface area (Å²) in [7, 11) is 1.60. The van der Waals surface area contributed by atoms with E-state index in [1.807, 2.05) is 18.2 Å². The Morgan fingerprint density at radius 3 is 2.46 bits per heavy atom. The van der Waals surface area contributed by atoms with Crippen LogP contribution in [0.5, 0.6) is 11.5 Å². The van der Waals surface area contributed by atoms with Crippen molar-refractivity contribution in [3.8, 4) is 11.5 Å². The number of nitrogens with zero attached hydrogens (tertiary/aromatic N) is 2. The van der Waals surface area contributed by atoms with Crippen LogP contribution in [0, 0.1) is 0 Å². The molecule has 0 aliphatic heterocycles. The number of aromatic nitrogens is 1. The van der Waals surface area contributed by atoms with Crippen molar-refractivity contribution in [1.82, 2.24) is 15.2 Å². The molecule has 1 N–H and O–H groups in total. The van der Waals surface area contributed by atoms with E-state index in [-0.39, 0.29) is 18.4 Å². The van der Waals surface area contributed by atoms with Gasteiger partial charge in [0.15, 0.2) is 0 Å². The number of amides is 2. The van der Waals surface area contributed by atoms with Gasteiger partial charge in [0.05, 0.1) is 32.4 Å². The third-order valence-electron chi connectivity index (χ3n) is 3.66. The van der Waals surface area contributed by atoms with Gasteiger partial charge in [0.2, 0.25) is 11.8 Å². The molecule has 0 saturated heterocycles. The summed E-state index contributed by atoms with van der Waals surface area (Å²) in [6, 6.07) is 12.7. The highest BCUT2D eigenvalue weighted by Crippen LogP contribution is 2.16. The molecule has 7 nitrogen and oxygen atoms in total. The number of nitrogens with one attached hydrogen (secondary N) is 1. The van der Waals surface area contributed by atoms with Gasteiger partial charge in [0.25, 0.3) is 0 Å².